The lowest BCUT2D eigenvalue weighted by Gasteiger charge is -2.38. The first-order chi connectivity index (χ1) is 11.1. The second-order valence-corrected chi connectivity index (χ2v) is 6.53. The van der Waals surface area contributed by atoms with Gasteiger partial charge in [-0.15, -0.1) is 0 Å². The maximum atomic E-state index is 12.9. The molecule has 0 spiro atoms. The molecule has 0 aromatic carbocycles. The molecule has 23 heavy (non-hydrogen) atoms. The Balaban J connectivity index is 1.57. The Morgan fingerprint density at radius 2 is 2.17 bits per heavy atom. The van der Waals surface area contributed by atoms with Crippen molar-refractivity contribution >= 4 is 5.91 Å². The number of rotatable bonds is 2. The molecule has 1 aliphatic heterocycles. The molecular formula is C16H22N6O. The van der Waals surface area contributed by atoms with Gasteiger partial charge in [-0.05, 0) is 26.3 Å². The quantitative estimate of drug-likeness (QED) is 0.888. The zero-order chi connectivity index (χ0) is 16.0. The number of hydrogen-bond acceptors (Lipinski definition) is 4. The molecule has 0 bridgehead atoms. The predicted molar refractivity (Wildman–Crippen MR) is 85.1 cm³/mol. The van der Waals surface area contributed by atoms with Crippen molar-refractivity contribution < 1.29 is 4.79 Å². The third-order valence-corrected chi connectivity index (χ3v) is 5.10. The molecule has 0 unspecified atom stereocenters. The van der Waals surface area contributed by atoms with Crippen LogP contribution >= 0.6 is 0 Å². The second-order valence-electron chi connectivity index (χ2n) is 6.53. The number of fused-ring (bicyclic) bond motifs is 1. The zero-order valence-electron chi connectivity index (χ0n) is 13.6. The zero-order valence-corrected chi connectivity index (χ0v) is 13.6. The first kappa shape index (κ1) is 14.4. The highest BCUT2D eigenvalue weighted by Crippen LogP contribution is 2.27. The number of hydrogen-bond donors (Lipinski definition) is 1. The van der Waals surface area contributed by atoms with Crippen molar-refractivity contribution in [2.24, 2.45) is 7.05 Å². The standard InChI is InChI=1S/C16H22N6O/c1-20-8-9-22(10-13(20)15-17-6-7-21(15)2)16(23)14-11-4-3-5-12(11)18-19-14/h6-7,13H,3-5,8-10H2,1-2H3,(H,18,19)/t13-/m1/s1. The van der Waals surface area contributed by atoms with Crippen LogP contribution in [0.3, 0.4) is 0 Å². The van der Waals surface area contributed by atoms with E-state index >= 15 is 0 Å². The number of amides is 1. The summed E-state index contributed by atoms with van der Waals surface area (Å²) in [4.78, 5) is 21.6. The minimum absolute atomic E-state index is 0.0525. The largest absolute Gasteiger partial charge is 0.337 e. The van der Waals surface area contributed by atoms with Crippen LogP contribution in [0, 0.1) is 0 Å². The number of aromatic amines is 1. The number of H-pyrrole nitrogens is 1. The van der Waals surface area contributed by atoms with Gasteiger partial charge in [-0.1, -0.05) is 0 Å². The number of nitrogens with one attached hydrogen (secondary N) is 1. The van der Waals surface area contributed by atoms with Crippen LogP contribution in [0.25, 0.3) is 0 Å². The van der Waals surface area contributed by atoms with Gasteiger partial charge < -0.3 is 9.47 Å². The molecule has 2 aromatic rings. The van der Waals surface area contributed by atoms with E-state index < -0.39 is 0 Å². The normalized spacial score (nSPS) is 21.7. The van der Waals surface area contributed by atoms with Crippen molar-refractivity contribution in [3.8, 4) is 0 Å². The van der Waals surface area contributed by atoms with Crippen LogP contribution in [-0.4, -0.2) is 62.1 Å². The molecule has 4 rings (SSSR count). The molecule has 2 aromatic heterocycles. The monoisotopic (exact) mass is 314 g/mol. The van der Waals surface area contributed by atoms with Gasteiger partial charge in [0.25, 0.3) is 5.91 Å². The molecule has 0 radical (unpaired) electrons. The highest BCUT2D eigenvalue weighted by atomic mass is 16.2. The third kappa shape index (κ3) is 2.35. The van der Waals surface area contributed by atoms with E-state index in [4.69, 9.17) is 0 Å². The van der Waals surface area contributed by atoms with Crippen molar-refractivity contribution in [3.05, 3.63) is 35.2 Å². The molecule has 1 fully saturated rings. The topological polar surface area (TPSA) is 70.1 Å². The van der Waals surface area contributed by atoms with Gasteiger partial charge in [0.1, 0.15) is 5.82 Å². The predicted octanol–water partition coefficient (Wildman–Crippen LogP) is 0.761. The highest BCUT2D eigenvalue weighted by molar-refractivity contribution is 5.94. The summed E-state index contributed by atoms with van der Waals surface area (Å²) >= 11 is 0. The molecule has 7 nitrogen and oxygen atoms in total. The Labute approximate surface area is 135 Å². The summed E-state index contributed by atoms with van der Waals surface area (Å²) < 4.78 is 2.03. The number of carbonyl (C=O) groups excluding carboxylic acids is 1. The van der Waals surface area contributed by atoms with Gasteiger partial charge in [-0.3, -0.25) is 14.8 Å². The lowest BCUT2D eigenvalue weighted by atomic mass is 10.1. The summed E-state index contributed by atoms with van der Waals surface area (Å²) in [6, 6.07) is 0.125. The maximum absolute atomic E-state index is 12.9. The third-order valence-electron chi connectivity index (χ3n) is 5.10. The number of piperazine rings is 1. The Morgan fingerprint density at radius 3 is 2.96 bits per heavy atom. The number of aromatic nitrogens is 4. The minimum Gasteiger partial charge on any atom is -0.337 e. The molecule has 1 atom stereocenters. The summed E-state index contributed by atoms with van der Waals surface area (Å²) in [5.74, 6) is 1.05. The highest BCUT2D eigenvalue weighted by Gasteiger charge is 2.33. The van der Waals surface area contributed by atoms with E-state index in [9.17, 15) is 4.79 Å². The Hall–Kier alpha value is -2.15. The van der Waals surface area contributed by atoms with Crippen molar-refractivity contribution in [2.75, 3.05) is 26.7 Å². The van der Waals surface area contributed by atoms with Crippen LogP contribution < -0.4 is 0 Å². The summed E-state index contributed by atoms with van der Waals surface area (Å²) in [6.45, 7) is 2.23. The minimum atomic E-state index is 0.0525. The second kappa shape index (κ2) is 5.49. The first-order valence-corrected chi connectivity index (χ1v) is 8.18. The number of carbonyl (C=O) groups is 1. The summed E-state index contributed by atoms with van der Waals surface area (Å²) in [5.41, 5.74) is 2.89. The van der Waals surface area contributed by atoms with E-state index in [0.717, 1.165) is 49.4 Å². The fourth-order valence-corrected chi connectivity index (χ4v) is 3.68. The summed E-state index contributed by atoms with van der Waals surface area (Å²) in [6.07, 6.45) is 6.84. The molecule has 2 aliphatic rings. The molecular weight excluding hydrogens is 292 g/mol. The number of aryl methyl sites for hydroxylation is 2. The SMILES string of the molecule is CN1CCN(C(=O)c2n[nH]c3c2CCC3)C[C@@H]1c1nccn1C. The lowest BCUT2D eigenvalue weighted by molar-refractivity contribution is 0.0522. The molecule has 3 heterocycles. The molecule has 1 aliphatic carbocycles. The average Bonchev–Trinajstić information content (AvgIpc) is 3.23. The van der Waals surface area contributed by atoms with Crippen LogP contribution in [0.5, 0.6) is 0 Å². The van der Waals surface area contributed by atoms with Gasteiger partial charge >= 0.3 is 0 Å². The van der Waals surface area contributed by atoms with Crippen molar-refractivity contribution in [1.29, 1.82) is 0 Å². The van der Waals surface area contributed by atoms with Gasteiger partial charge in [-0.25, -0.2) is 4.98 Å². The average molecular weight is 314 g/mol. The van der Waals surface area contributed by atoms with Crippen LogP contribution in [0.2, 0.25) is 0 Å². The van der Waals surface area contributed by atoms with Crippen LogP contribution in [0.1, 0.15) is 40.0 Å². The van der Waals surface area contributed by atoms with E-state index in [1.807, 2.05) is 28.9 Å². The van der Waals surface area contributed by atoms with E-state index in [1.165, 1.54) is 0 Å². The van der Waals surface area contributed by atoms with E-state index in [2.05, 4.69) is 27.1 Å². The fourth-order valence-electron chi connectivity index (χ4n) is 3.68. The van der Waals surface area contributed by atoms with E-state index in [-0.39, 0.29) is 11.9 Å². The number of likely N-dealkylation sites (N-methyl/N-ethyl adjacent to an activating group) is 1. The van der Waals surface area contributed by atoms with Gasteiger partial charge in [-0.2, -0.15) is 5.10 Å². The molecule has 1 saturated heterocycles. The van der Waals surface area contributed by atoms with E-state index in [0.29, 0.717) is 12.2 Å². The van der Waals surface area contributed by atoms with Crippen molar-refractivity contribution in [3.63, 3.8) is 0 Å². The van der Waals surface area contributed by atoms with Crippen LogP contribution in [-0.2, 0) is 19.9 Å². The summed E-state index contributed by atoms with van der Waals surface area (Å²) in [5, 5.41) is 7.33. The van der Waals surface area contributed by atoms with Crippen LogP contribution in [0.15, 0.2) is 12.4 Å². The fraction of sp³-hybridized carbons (Fsp3) is 0.562. The van der Waals surface area contributed by atoms with Crippen LogP contribution in [0.4, 0.5) is 0 Å². The van der Waals surface area contributed by atoms with Gasteiger partial charge in [0.05, 0.1) is 6.04 Å². The molecule has 1 amide bonds. The van der Waals surface area contributed by atoms with Gasteiger partial charge in [0.2, 0.25) is 0 Å². The lowest BCUT2D eigenvalue weighted by Crippen LogP contribution is -2.49. The van der Waals surface area contributed by atoms with Crippen molar-refractivity contribution in [1.82, 2.24) is 29.5 Å². The number of nitrogens with zero attached hydrogens (tertiary/aromatic N) is 5. The maximum Gasteiger partial charge on any atom is 0.274 e. The van der Waals surface area contributed by atoms with Gasteiger partial charge in [0.15, 0.2) is 5.69 Å². The molecule has 7 heteroatoms. The number of imidazole rings is 1. The van der Waals surface area contributed by atoms with E-state index in [1.54, 1.807) is 0 Å². The Bertz CT molecular complexity index is 733. The summed E-state index contributed by atoms with van der Waals surface area (Å²) in [7, 11) is 4.09. The molecule has 0 saturated carbocycles. The molecule has 122 valence electrons. The van der Waals surface area contributed by atoms with Gasteiger partial charge in [0, 0.05) is 50.3 Å². The Morgan fingerprint density at radius 1 is 1.30 bits per heavy atom. The Kier molecular flexibility index (Phi) is 3.45. The first-order valence-electron chi connectivity index (χ1n) is 8.18. The molecule has 1 N–H and O–H groups in total. The smallest absolute Gasteiger partial charge is 0.274 e. The van der Waals surface area contributed by atoms with Crippen molar-refractivity contribution in [2.45, 2.75) is 25.3 Å².